The van der Waals surface area contributed by atoms with Crippen LogP contribution in [0.5, 0.6) is 0 Å². The van der Waals surface area contributed by atoms with Gasteiger partial charge < -0.3 is 9.47 Å². The zero-order chi connectivity index (χ0) is 34.2. The highest BCUT2D eigenvalue weighted by molar-refractivity contribution is 5.78. The van der Waals surface area contributed by atoms with Gasteiger partial charge in [-0.15, -0.1) is 0 Å². The Morgan fingerprint density at radius 1 is 0.333 bits per heavy atom. The maximum atomic E-state index is 12.8. The molecule has 2 fully saturated rings. The molecule has 48 heavy (non-hydrogen) atoms. The number of Topliss-reactive ketones (excluding diaryl/α,β-unsaturated/α-hetero) is 1. The number of carbonyl (C=O) groups is 3. The second-order valence-electron chi connectivity index (χ2n) is 15.5. The van der Waals surface area contributed by atoms with Gasteiger partial charge >= 0.3 is 11.9 Å². The van der Waals surface area contributed by atoms with E-state index in [1.807, 2.05) is 0 Å². The lowest BCUT2D eigenvalue weighted by atomic mass is 9.94. The molecule has 5 heteroatoms. The average Bonchev–Trinajstić information content (AvgIpc) is 3.10. The van der Waals surface area contributed by atoms with Crippen LogP contribution in [0.4, 0.5) is 0 Å². The summed E-state index contributed by atoms with van der Waals surface area (Å²) in [7, 11) is 0. The molecule has 0 bridgehead atoms. The standard InChI is InChI=1S/C43H78O5/c44-41(35-27-21-29-37-47-42(45)39-31-23-17-13-9-5-1-2-6-10-14-18-24-32-39)36-28-22-30-38-48-43(46)40-33-25-19-15-11-7-3-4-8-12-16-20-26-34-40/h39-40H,1-38H2. The summed E-state index contributed by atoms with van der Waals surface area (Å²) in [5.41, 5.74) is 0. The van der Waals surface area contributed by atoms with Crippen LogP contribution in [0.3, 0.4) is 0 Å². The summed E-state index contributed by atoms with van der Waals surface area (Å²) in [5.74, 6) is 0.509. The minimum absolute atomic E-state index is 0.0171. The minimum Gasteiger partial charge on any atom is -0.465 e. The van der Waals surface area contributed by atoms with Gasteiger partial charge in [-0.2, -0.15) is 0 Å². The number of esters is 2. The summed E-state index contributed by atoms with van der Waals surface area (Å²) in [6.45, 7) is 0.978. The van der Waals surface area contributed by atoms with E-state index in [1.165, 1.54) is 128 Å². The van der Waals surface area contributed by atoms with Gasteiger partial charge in [0.25, 0.3) is 0 Å². The first-order valence-electron chi connectivity index (χ1n) is 21.5. The van der Waals surface area contributed by atoms with Crippen molar-refractivity contribution >= 4 is 17.7 Å². The number of hydrogen-bond donors (Lipinski definition) is 0. The molecule has 0 heterocycles. The normalized spacial score (nSPS) is 20.3. The molecule has 2 saturated carbocycles. The lowest BCUT2D eigenvalue weighted by molar-refractivity contribution is -0.150. The molecule has 0 N–H and O–H groups in total. The first kappa shape index (κ1) is 42.8. The van der Waals surface area contributed by atoms with Crippen LogP contribution >= 0.6 is 0 Å². The van der Waals surface area contributed by atoms with Gasteiger partial charge in [0.2, 0.25) is 0 Å². The minimum atomic E-state index is 0.0171. The van der Waals surface area contributed by atoms with Gasteiger partial charge in [-0.25, -0.2) is 0 Å². The van der Waals surface area contributed by atoms with Crippen molar-refractivity contribution in [2.45, 2.75) is 231 Å². The van der Waals surface area contributed by atoms with E-state index < -0.39 is 0 Å². The fourth-order valence-electron chi connectivity index (χ4n) is 7.77. The van der Waals surface area contributed by atoms with Crippen molar-refractivity contribution < 1.29 is 23.9 Å². The zero-order valence-electron chi connectivity index (χ0n) is 31.6. The van der Waals surface area contributed by atoms with Crippen LogP contribution in [-0.2, 0) is 23.9 Å². The Bertz CT molecular complexity index is 685. The van der Waals surface area contributed by atoms with Gasteiger partial charge in [-0.1, -0.05) is 154 Å². The first-order chi connectivity index (χ1) is 23.7. The Hall–Kier alpha value is -1.39. The van der Waals surface area contributed by atoms with Crippen molar-refractivity contribution in [3.05, 3.63) is 0 Å². The quantitative estimate of drug-likeness (QED) is 0.135. The van der Waals surface area contributed by atoms with Crippen molar-refractivity contribution in [2.24, 2.45) is 11.8 Å². The third-order valence-electron chi connectivity index (χ3n) is 11.1. The highest BCUT2D eigenvalue weighted by atomic mass is 16.5. The predicted molar refractivity (Wildman–Crippen MR) is 200 cm³/mol. The Morgan fingerprint density at radius 3 is 0.854 bits per heavy atom. The van der Waals surface area contributed by atoms with Crippen LogP contribution in [0.15, 0.2) is 0 Å². The van der Waals surface area contributed by atoms with Gasteiger partial charge in [-0.3, -0.25) is 14.4 Å². The van der Waals surface area contributed by atoms with Crippen molar-refractivity contribution in [1.29, 1.82) is 0 Å². The third kappa shape index (κ3) is 24.7. The van der Waals surface area contributed by atoms with E-state index in [9.17, 15) is 14.4 Å². The molecule has 0 aromatic rings. The van der Waals surface area contributed by atoms with Crippen LogP contribution in [0.1, 0.15) is 231 Å². The molecule has 280 valence electrons. The Labute approximate surface area is 297 Å². The fourth-order valence-corrected chi connectivity index (χ4v) is 7.77. The van der Waals surface area contributed by atoms with Gasteiger partial charge in [0.1, 0.15) is 5.78 Å². The van der Waals surface area contributed by atoms with E-state index >= 15 is 0 Å². The van der Waals surface area contributed by atoms with Crippen molar-refractivity contribution in [3.63, 3.8) is 0 Å². The first-order valence-corrected chi connectivity index (χ1v) is 21.5. The predicted octanol–water partition coefficient (Wildman–Crippen LogP) is 12.9. The van der Waals surface area contributed by atoms with Gasteiger partial charge in [0.05, 0.1) is 25.0 Å². The van der Waals surface area contributed by atoms with E-state index in [4.69, 9.17) is 9.47 Å². The summed E-state index contributed by atoms with van der Waals surface area (Å²) >= 11 is 0. The van der Waals surface area contributed by atoms with Gasteiger partial charge in [0, 0.05) is 12.8 Å². The molecule has 2 aliphatic rings. The molecule has 0 aromatic carbocycles. The van der Waals surface area contributed by atoms with Gasteiger partial charge in [0.15, 0.2) is 0 Å². The van der Waals surface area contributed by atoms with Gasteiger partial charge in [-0.05, 0) is 64.2 Å². The number of rotatable bonds is 14. The second-order valence-corrected chi connectivity index (χ2v) is 15.5. The van der Waals surface area contributed by atoms with Crippen molar-refractivity contribution in [1.82, 2.24) is 0 Å². The molecular weight excluding hydrogens is 596 g/mol. The summed E-state index contributed by atoms with van der Waals surface area (Å²) < 4.78 is 11.4. The fraction of sp³-hybridized carbons (Fsp3) is 0.930. The monoisotopic (exact) mass is 675 g/mol. The number of ether oxygens (including phenoxy) is 2. The third-order valence-corrected chi connectivity index (χ3v) is 11.1. The SMILES string of the molecule is O=C(CCCCCOC(=O)C1CCCCCCCCCCCCCC1)CCCCCOC(=O)C1CCCCCCCCCCCCCC1. The lowest BCUT2D eigenvalue weighted by Gasteiger charge is -2.16. The maximum Gasteiger partial charge on any atom is 0.308 e. The molecule has 0 atom stereocenters. The summed E-state index contributed by atoms with van der Waals surface area (Å²) in [5, 5.41) is 0. The van der Waals surface area contributed by atoms with E-state index in [2.05, 4.69) is 0 Å². The molecule has 0 spiro atoms. The van der Waals surface area contributed by atoms with Crippen LogP contribution in [0.25, 0.3) is 0 Å². The van der Waals surface area contributed by atoms with Crippen LogP contribution in [0.2, 0.25) is 0 Å². The van der Waals surface area contributed by atoms with Crippen LogP contribution in [-0.4, -0.2) is 30.9 Å². The number of unbranched alkanes of at least 4 members (excludes halogenated alkanes) is 4. The van der Waals surface area contributed by atoms with Crippen molar-refractivity contribution in [3.8, 4) is 0 Å². The Morgan fingerprint density at radius 2 is 0.583 bits per heavy atom. The number of hydrogen-bond acceptors (Lipinski definition) is 5. The molecule has 0 unspecified atom stereocenters. The highest BCUT2D eigenvalue weighted by Gasteiger charge is 2.20. The second kappa shape index (κ2) is 31.6. The number of carbonyl (C=O) groups excluding carboxylic acids is 3. The lowest BCUT2D eigenvalue weighted by Crippen LogP contribution is -2.19. The van der Waals surface area contributed by atoms with Crippen LogP contribution < -0.4 is 0 Å². The topological polar surface area (TPSA) is 69.7 Å². The molecule has 0 aliphatic heterocycles. The molecule has 0 radical (unpaired) electrons. The number of ketones is 1. The van der Waals surface area contributed by atoms with E-state index in [-0.39, 0.29) is 23.8 Å². The zero-order valence-corrected chi connectivity index (χ0v) is 31.6. The Kier molecular flexibility index (Phi) is 28.1. The Balaban J connectivity index is 1.49. The molecule has 0 amide bonds. The largest absolute Gasteiger partial charge is 0.465 e. The molecule has 0 aromatic heterocycles. The van der Waals surface area contributed by atoms with E-state index in [0.29, 0.717) is 31.8 Å². The summed E-state index contributed by atoms with van der Waals surface area (Å²) in [6.07, 6.45) is 41.6. The summed E-state index contributed by atoms with van der Waals surface area (Å²) in [6, 6.07) is 0. The molecule has 0 saturated heterocycles. The molecule has 5 nitrogen and oxygen atoms in total. The van der Waals surface area contributed by atoms with Crippen molar-refractivity contribution in [2.75, 3.05) is 13.2 Å². The van der Waals surface area contributed by atoms with Crippen LogP contribution in [0, 0.1) is 11.8 Å². The molecular formula is C43H78O5. The average molecular weight is 675 g/mol. The van der Waals surface area contributed by atoms with E-state index in [0.717, 1.165) is 89.9 Å². The van der Waals surface area contributed by atoms with E-state index in [1.54, 1.807) is 0 Å². The summed E-state index contributed by atoms with van der Waals surface area (Å²) in [4.78, 5) is 38.1. The smallest absolute Gasteiger partial charge is 0.308 e. The molecule has 2 aliphatic carbocycles. The molecule has 2 rings (SSSR count). The highest BCUT2D eigenvalue weighted by Crippen LogP contribution is 2.24. The maximum absolute atomic E-state index is 12.8.